The van der Waals surface area contributed by atoms with E-state index in [1.54, 1.807) is 20.8 Å². The first kappa shape index (κ1) is 15.8. The van der Waals surface area contributed by atoms with E-state index in [9.17, 15) is 14.4 Å². The predicted molar refractivity (Wildman–Crippen MR) is 75.7 cm³/mol. The fourth-order valence-electron chi connectivity index (χ4n) is 1.77. The maximum Gasteiger partial charge on any atom is 0.339 e. The number of fused-ring (bicyclic) bond motifs is 1. The lowest BCUT2D eigenvalue weighted by molar-refractivity contribution is -0.171. The molecule has 1 unspecified atom stereocenters. The highest BCUT2D eigenvalue weighted by Gasteiger charge is 2.47. The topological polar surface area (TPSA) is 98.9 Å². The largest absolute Gasteiger partial charge is 0.427 e. The van der Waals surface area contributed by atoms with Crippen LogP contribution in [0, 0.1) is 5.41 Å². The minimum absolute atomic E-state index is 0.104. The third-order valence-electron chi connectivity index (χ3n) is 3.08. The molecule has 2 aliphatic heterocycles. The zero-order valence-electron chi connectivity index (χ0n) is 12.1. The molecule has 2 rings (SSSR count). The van der Waals surface area contributed by atoms with Gasteiger partial charge in [-0.3, -0.25) is 9.59 Å². The van der Waals surface area contributed by atoms with Crippen LogP contribution >= 0.6 is 11.8 Å². The summed E-state index contributed by atoms with van der Waals surface area (Å²) in [5.74, 6) is -0.854. The summed E-state index contributed by atoms with van der Waals surface area (Å²) in [6, 6.07) is -0.503. The van der Waals surface area contributed by atoms with E-state index in [1.807, 2.05) is 0 Å². The van der Waals surface area contributed by atoms with Crippen molar-refractivity contribution in [3.05, 3.63) is 11.8 Å². The number of β-lactam (4-membered cyclic amide) rings is 1. The van der Waals surface area contributed by atoms with E-state index in [0.717, 1.165) is 0 Å². The van der Waals surface area contributed by atoms with Crippen LogP contribution in [-0.2, 0) is 23.9 Å². The number of esters is 2. The van der Waals surface area contributed by atoms with Crippen LogP contribution in [0.2, 0.25) is 0 Å². The fraction of sp³-hybridized carbons (Fsp3) is 0.615. The summed E-state index contributed by atoms with van der Waals surface area (Å²) in [4.78, 5) is 36.3. The van der Waals surface area contributed by atoms with Crippen LogP contribution in [0.4, 0.5) is 0 Å². The molecule has 2 aliphatic rings. The van der Waals surface area contributed by atoms with E-state index in [4.69, 9.17) is 15.2 Å². The lowest BCUT2D eigenvalue weighted by atomic mass is 9.98. The summed E-state index contributed by atoms with van der Waals surface area (Å²) in [6.45, 7) is 4.68. The Balaban J connectivity index is 1.84. The van der Waals surface area contributed by atoms with Crippen LogP contribution < -0.4 is 5.73 Å². The number of thioether (sulfide) groups is 1. The Labute approximate surface area is 126 Å². The number of rotatable bonds is 3. The van der Waals surface area contributed by atoms with Gasteiger partial charge < -0.3 is 20.1 Å². The maximum absolute atomic E-state index is 11.8. The van der Waals surface area contributed by atoms with Crippen molar-refractivity contribution < 1.29 is 23.9 Å². The molecule has 116 valence electrons. The smallest absolute Gasteiger partial charge is 0.339 e. The molecule has 2 N–H and O–H groups in total. The lowest BCUT2D eigenvalue weighted by Gasteiger charge is -2.45. The second-order valence-electron chi connectivity index (χ2n) is 5.86. The third kappa shape index (κ3) is 3.21. The summed E-state index contributed by atoms with van der Waals surface area (Å²) in [5.41, 5.74) is 5.33. The second kappa shape index (κ2) is 5.69. The highest BCUT2D eigenvalue weighted by molar-refractivity contribution is 8.00. The van der Waals surface area contributed by atoms with Crippen molar-refractivity contribution in [2.45, 2.75) is 32.2 Å². The molecule has 0 aromatic carbocycles. The molecule has 2 atom stereocenters. The Morgan fingerprint density at radius 3 is 2.71 bits per heavy atom. The van der Waals surface area contributed by atoms with Crippen molar-refractivity contribution in [3.8, 4) is 0 Å². The van der Waals surface area contributed by atoms with Crippen LogP contribution in [-0.4, -0.2) is 46.7 Å². The summed E-state index contributed by atoms with van der Waals surface area (Å²) in [7, 11) is 0. The molecule has 0 aromatic heterocycles. The van der Waals surface area contributed by atoms with E-state index in [2.05, 4.69) is 0 Å². The minimum atomic E-state index is -0.653. The first-order valence-electron chi connectivity index (χ1n) is 6.46. The number of ether oxygens (including phenoxy) is 2. The van der Waals surface area contributed by atoms with Gasteiger partial charge in [0.1, 0.15) is 11.4 Å². The number of carbonyl (C=O) groups excluding carboxylic acids is 3. The van der Waals surface area contributed by atoms with Crippen LogP contribution in [0.25, 0.3) is 0 Å². The molecule has 1 fully saturated rings. The molecular formula is C13H18N2O5S. The van der Waals surface area contributed by atoms with E-state index in [1.165, 1.54) is 22.9 Å². The van der Waals surface area contributed by atoms with Gasteiger partial charge in [0.15, 0.2) is 0 Å². The Morgan fingerprint density at radius 1 is 1.43 bits per heavy atom. The van der Waals surface area contributed by atoms with Crippen molar-refractivity contribution >= 4 is 29.6 Å². The molecule has 21 heavy (non-hydrogen) atoms. The van der Waals surface area contributed by atoms with Gasteiger partial charge in [-0.05, 0) is 20.8 Å². The Morgan fingerprint density at radius 2 is 2.10 bits per heavy atom. The van der Waals surface area contributed by atoms with Crippen molar-refractivity contribution in [1.29, 1.82) is 0 Å². The fourth-order valence-corrected chi connectivity index (χ4v) is 2.96. The SMILES string of the molecule is CC(C)(C)C(=O)OCOC(=O)C1=CN2C(=O)C(N)[C@H]2SC1. The molecule has 1 amide bonds. The molecule has 1 saturated heterocycles. The molecule has 0 bridgehead atoms. The maximum atomic E-state index is 11.8. The quantitative estimate of drug-likeness (QED) is 0.451. The van der Waals surface area contributed by atoms with E-state index in [0.29, 0.717) is 11.3 Å². The van der Waals surface area contributed by atoms with Crippen LogP contribution in [0.5, 0.6) is 0 Å². The van der Waals surface area contributed by atoms with Gasteiger partial charge in [0.25, 0.3) is 0 Å². The van der Waals surface area contributed by atoms with Gasteiger partial charge in [-0.15, -0.1) is 11.8 Å². The number of carbonyl (C=O) groups is 3. The number of amides is 1. The number of nitrogens with zero attached hydrogens (tertiary/aromatic N) is 1. The van der Waals surface area contributed by atoms with Crippen molar-refractivity contribution in [1.82, 2.24) is 4.90 Å². The van der Waals surface area contributed by atoms with Gasteiger partial charge in [-0.2, -0.15) is 0 Å². The first-order valence-corrected chi connectivity index (χ1v) is 7.51. The normalized spacial score (nSPS) is 24.7. The molecule has 0 saturated carbocycles. The highest BCUT2D eigenvalue weighted by atomic mass is 32.2. The number of hydrogen-bond donors (Lipinski definition) is 1. The Kier molecular flexibility index (Phi) is 4.29. The van der Waals surface area contributed by atoms with Gasteiger partial charge in [-0.25, -0.2) is 4.79 Å². The van der Waals surface area contributed by atoms with Crippen molar-refractivity contribution in [3.63, 3.8) is 0 Å². The van der Waals surface area contributed by atoms with E-state index < -0.39 is 30.2 Å². The molecule has 0 aliphatic carbocycles. The molecule has 7 nitrogen and oxygen atoms in total. The molecule has 0 aromatic rings. The van der Waals surface area contributed by atoms with Gasteiger partial charge >= 0.3 is 11.9 Å². The number of nitrogens with two attached hydrogens (primary N) is 1. The van der Waals surface area contributed by atoms with Gasteiger partial charge in [0.2, 0.25) is 12.7 Å². The molecule has 0 spiro atoms. The Hall–Kier alpha value is -1.54. The Bertz CT molecular complexity index is 511. The standard InChI is InChI=1S/C13H18N2O5S/c1-13(2,3)12(18)20-6-19-11(17)7-4-15-9(16)8(14)10(15)21-5-7/h4,8,10H,5-6,14H2,1-3H3/t8?,10-/m1/s1. The van der Waals surface area contributed by atoms with Gasteiger partial charge in [0.05, 0.1) is 11.0 Å². The monoisotopic (exact) mass is 314 g/mol. The van der Waals surface area contributed by atoms with Crippen LogP contribution in [0.3, 0.4) is 0 Å². The average molecular weight is 314 g/mol. The highest BCUT2D eigenvalue weighted by Crippen LogP contribution is 2.35. The average Bonchev–Trinajstić information content (AvgIpc) is 2.44. The van der Waals surface area contributed by atoms with Crippen molar-refractivity contribution in [2.75, 3.05) is 12.5 Å². The summed E-state index contributed by atoms with van der Waals surface area (Å²) in [6.07, 6.45) is 1.46. The van der Waals surface area contributed by atoms with Gasteiger partial charge in [-0.1, -0.05) is 0 Å². The minimum Gasteiger partial charge on any atom is -0.427 e. The number of hydrogen-bond acceptors (Lipinski definition) is 7. The summed E-state index contributed by atoms with van der Waals surface area (Å²) < 4.78 is 9.74. The molecule has 2 heterocycles. The van der Waals surface area contributed by atoms with E-state index in [-0.39, 0.29) is 11.3 Å². The van der Waals surface area contributed by atoms with Gasteiger partial charge in [0, 0.05) is 12.0 Å². The summed E-state index contributed by atoms with van der Waals surface area (Å²) in [5, 5.41) is -0.104. The predicted octanol–water partition coefficient (Wildman–Crippen LogP) is 0.203. The molecule has 0 radical (unpaired) electrons. The molecular weight excluding hydrogens is 296 g/mol. The first-order chi connectivity index (χ1) is 9.71. The zero-order valence-corrected chi connectivity index (χ0v) is 12.9. The van der Waals surface area contributed by atoms with Crippen molar-refractivity contribution in [2.24, 2.45) is 11.1 Å². The second-order valence-corrected chi connectivity index (χ2v) is 6.96. The van der Waals surface area contributed by atoms with Crippen LogP contribution in [0.1, 0.15) is 20.8 Å². The van der Waals surface area contributed by atoms with Crippen LogP contribution in [0.15, 0.2) is 11.8 Å². The zero-order chi connectivity index (χ0) is 15.8. The third-order valence-corrected chi connectivity index (χ3v) is 4.42. The lowest BCUT2D eigenvalue weighted by Crippen LogP contribution is -2.66. The molecule has 8 heteroatoms. The van der Waals surface area contributed by atoms with E-state index >= 15 is 0 Å². The summed E-state index contributed by atoms with van der Waals surface area (Å²) >= 11 is 1.41.